The predicted molar refractivity (Wildman–Crippen MR) is 251 cm³/mol. The highest BCUT2D eigenvalue weighted by Crippen LogP contribution is 2.13. The minimum absolute atomic E-state index is 0.123. The molecular formula is C53H84O6. The maximum absolute atomic E-state index is 12.7. The molecule has 0 N–H and O–H groups in total. The summed E-state index contributed by atoms with van der Waals surface area (Å²) in [7, 11) is 0. The Hall–Kier alpha value is -3.93. The lowest BCUT2D eigenvalue weighted by atomic mass is 10.1. The van der Waals surface area contributed by atoms with Crippen LogP contribution in [0.3, 0.4) is 0 Å². The molecule has 0 amide bonds. The molecule has 0 fully saturated rings. The van der Waals surface area contributed by atoms with Crippen LogP contribution in [-0.2, 0) is 28.6 Å². The molecule has 0 bridgehead atoms. The Labute approximate surface area is 361 Å². The van der Waals surface area contributed by atoms with Crippen LogP contribution in [0.5, 0.6) is 0 Å². The van der Waals surface area contributed by atoms with E-state index in [2.05, 4.69) is 118 Å². The van der Waals surface area contributed by atoms with Gasteiger partial charge in [0.05, 0.1) is 6.42 Å². The van der Waals surface area contributed by atoms with Crippen LogP contribution in [0.2, 0.25) is 0 Å². The van der Waals surface area contributed by atoms with Crippen LogP contribution in [0.4, 0.5) is 0 Å². The van der Waals surface area contributed by atoms with Gasteiger partial charge in [0.15, 0.2) is 6.10 Å². The Kier molecular flexibility index (Phi) is 43.6. The molecule has 1 unspecified atom stereocenters. The van der Waals surface area contributed by atoms with Gasteiger partial charge in [0, 0.05) is 12.8 Å². The van der Waals surface area contributed by atoms with Crippen molar-refractivity contribution >= 4 is 17.9 Å². The van der Waals surface area contributed by atoms with Crippen molar-refractivity contribution in [3.8, 4) is 0 Å². The van der Waals surface area contributed by atoms with E-state index < -0.39 is 12.1 Å². The van der Waals surface area contributed by atoms with Gasteiger partial charge in [-0.3, -0.25) is 14.4 Å². The predicted octanol–water partition coefficient (Wildman–Crippen LogP) is 15.2. The van der Waals surface area contributed by atoms with Gasteiger partial charge >= 0.3 is 17.9 Å². The van der Waals surface area contributed by atoms with Crippen molar-refractivity contribution in [3.05, 3.63) is 109 Å². The monoisotopic (exact) mass is 817 g/mol. The second-order valence-corrected chi connectivity index (χ2v) is 15.0. The normalized spacial score (nSPS) is 13.1. The molecule has 6 nitrogen and oxygen atoms in total. The molecule has 0 saturated heterocycles. The molecule has 332 valence electrons. The summed E-state index contributed by atoms with van der Waals surface area (Å²) >= 11 is 0. The average Bonchev–Trinajstić information content (AvgIpc) is 3.23. The minimum Gasteiger partial charge on any atom is -0.462 e. The maximum atomic E-state index is 12.7. The van der Waals surface area contributed by atoms with E-state index in [-0.39, 0.29) is 31.6 Å². The number of hydrogen-bond acceptors (Lipinski definition) is 6. The van der Waals surface area contributed by atoms with Gasteiger partial charge in [-0.25, -0.2) is 0 Å². The number of ether oxygens (including phenoxy) is 3. The number of carbonyl (C=O) groups is 3. The summed E-state index contributed by atoms with van der Waals surface area (Å²) in [6.45, 7) is 6.22. The summed E-state index contributed by atoms with van der Waals surface area (Å²) in [5.74, 6) is -1.09. The fourth-order valence-electron chi connectivity index (χ4n) is 5.90. The summed E-state index contributed by atoms with van der Waals surface area (Å²) < 4.78 is 16.6. The molecular weight excluding hydrogens is 733 g/mol. The molecule has 59 heavy (non-hydrogen) atoms. The molecule has 0 radical (unpaired) electrons. The molecule has 6 heteroatoms. The lowest BCUT2D eigenvalue weighted by molar-refractivity contribution is -0.166. The smallest absolute Gasteiger partial charge is 0.309 e. The minimum atomic E-state index is -0.828. The van der Waals surface area contributed by atoms with Crippen LogP contribution in [0.1, 0.15) is 188 Å². The Morgan fingerprint density at radius 2 is 0.797 bits per heavy atom. The van der Waals surface area contributed by atoms with E-state index in [0.717, 1.165) is 103 Å². The zero-order valence-corrected chi connectivity index (χ0v) is 37.7. The topological polar surface area (TPSA) is 78.9 Å². The standard InChI is InChI=1S/C53H84O6/c1-4-7-10-13-16-19-21-23-25-26-27-28-30-31-34-37-40-43-46-52(55)58-49-50(48-57-51(54)45-42-39-36-33-18-15-12-9-6-3)59-53(56)47-44-41-38-35-32-29-24-22-20-17-14-11-8-5-2/h8-9,11-12,16-21,23,25-28,33,39,42,50H,4-7,10,13-15,22,24,29-32,34-38,40-41,43-49H2,1-3H3/b11-8-,12-9-,19-16-,20-17-,23-21-,26-25-,28-27-,33-18-,42-39-. The van der Waals surface area contributed by atoms with E-state index in [1.807, 2.05) is 6.08 Å². The first-order chi connectivity index (χ1) is 29.0. The summed E-state index contributed by atoms with van der Waals surface area (Å²) in [6, 6.07) is 0. The van der Waals surface area contributed by atoms with Gasteiger partial charge in [0.25, 0.3) is 0 Å². The summed E-state index contributed by atoms with van der Waals surface area (Å²) in [5, 5.41) is 0. The molecule has 0 aliphatic carbocycles. The van der Waals surface area contributed by atoms with Crippen LogP contribution in [0, 0.1) is 0 Å². The average molecular weight is 817 g/mol. The van der Waals surface area contributed by atoms with Crippen molar-refractivity contribution in [2.24, 2.45) is 0 Å². The zero-order valence-electron chi connectivity index (χ0n) is 37.7. The largest absolute Gasteiger partial charge is 0.462 e. The maximum Gasteiger partial charge on any atom is 0.309 e. The Morgan fingerprint density at radius 3 is 1.34 bits per heavy atom. The van der Waals surface area contributed by atoms with Gasteiger partial charge in [0.2, 0.25) is 0 Å². The number of allylic oxidation sites excluding steroid dienone is 17. The molecule has 0 aliphatic heterocycles. The summed E-state index contributed by atoms with van der Waals surface area (Å²) in [4.78, 5) is 37.7. The second kappa shape index (κ2) is 46.8. The van der Waals surface area contributed by atoms with Crippen LogP contribution in [0.15, 0.2) is 109 Å². The van der Waals surface area contributed by atoms with E-state index in [1.165, 1.54) is 44.9 Å². The third-order valence-corrected chi connectivity index (χ3v) is 9.37. The van der Waals surface area contributed by atoms with Crippen molar-refractivity contribution < 1.29 is 28.6 Å². The first-order valence-corrected chi connectivity index (χ1v) is 23.4. The SMILES string of the molecule is CC/C=C\C/C=C\C/C=C\CC(=O)OCC(COC(=O)CCCCCCC\C=C/C=C\C=C/C=C\CCCCC)OC(=O)CCCCCCCCC/C=C\C/C=C\CC. The Morgan fingerprint density at radius 1 is 0.390 bits per heavy atom. The van der Waals surface area contributed by atoms with E-state index in [1.54, 1.807) is 6.08 Å². The highest BCUT2D eigenvalue weighted by Gasteiger charge is 2.19. The molecule has 0 saturated carbocycles. The third kappa shape index (κ3) is 45.0. The van der Waals surface area contributed by atoms with Gasteiger partial charge < -0.3 is 14.2 Å². The number of hydrogen-bond donors (Lipinski definition) is 0. The van der Waals surface area contributed by atoms with E-state index in [9.17, 15) is 14.4 Å². The summed E-state index contributed by atoms with van der Waals surface area (Å²) in [5.41, 5.74) is 0. The zero-order chi connectivity index (χ0) is 43.0. The van der Waals surface area contributed by atoms with Gasteiger partial charge in [0.1, 0.15) is 13.2 Å². The van der Waals surface area contributed by atoms with E-state index >= 15 is 0 Å². The fourth-order valence-corrected chi connectivity index (χ4v) is 5.90. The van der Waals surface area contributed by atoms with Crippen molar-refractivity contribution in [3.63, 3.8) is 0 Å². The van der Waals surface area contributed by atoms with Gasteiger partial charge in [-0.15, -0.1) is 0 Å². The van der Waals surface area contributed by atoms with E-state index in [0.29, 0.717) is 12.8 Å². The summed E-state index contributed by atoms with van der Waals surface area (Å²) in [6.07, 6.45) is 62.4. The molecule has 0 heterocycles. The second-order valence-electron chi connectivity index (χ2n) is 15.0. The molecule has 1 atom stereocenters. The highest BCUT2D eigenvalue weighted by atomic mass is 16.6. The van der Waals surface area contributed by atoms with Gasteiger partial charge in [-0.1, -0.05) is 194 Å². The molecule has 0 spiro atoms. The molecule has 0 aliphatic rings. The van der Waals surface area contributed by atoms with Gasteiger partial charge in [-0.05, 0) is 83.5 Å². The lowest BCUT2D eigenvalue weighted by Crippen LogP contribution is -2.30. The lowest BCUT2D eigenvalue weighted by Gasteiger charge is -2.18. The quantitative estimate of drug-likeness (QED) is 0.0201. The van der Waals surface area contributed by atoms with Crippen LogP contribution < -0.4 is 0 Å². The number of rotatable bonds is 40. The molecule has 0 aromatic heterocycles. The van der Waals surface area contributed by atoms with Gasteiger partial charge in [-0.2, -0.15) is 0 Å². The van der Waals surface area contributed by atoms with Crippen molar-refractivity contribution in [1.82, 2.24) is 0 Å². The van der Waals surface area contributed by atoms with Crippen LogP contribution >= 0.6 is 0 Å². The van der Waals surface area contributed by atoms with Crippen LogP contribution in [0.25, 0.3) is 0 Å². The van der Waals surface area contributed by atoms with Crippen molar-refractivity contribution in [2.45, 2.75) is 194 Å². The number of esters is 3. The van der Waals surface area contributed by atoms with Crippen LogP contribution in [-0.4, -0.2) is 37.2 Å². The Bertz CT molecular complexity index is 1260. The molecule has 0 aromatic carbocycles. The Balaban J connectivity index is 4.48. The number of unbranched alkanes of at least 4 members (excludes halogenated alkanes) is 15. The van der Waals surface area contributed by atoms with Crippen molar-refractivity contribution in [1.29, 1.82) is 0 Å². The number of carbonyl (C=O) groups excluding carboxylic acids is 3. The van der Waals surface area contributed by atoms with Crippen molar-refractivity contribution in [2.75, 3.05) is 13.2 Å². The van der Waals surface area contributed by atoms with E-state index in [4.69, 9.17) is 14.2 Å². The first-order valence-electron chi connectivity index (χ1n) is 23.4. The third-order valence-electron chi connectivity index (χ3n) is 9.37. The molecule has 0 rings (SSSR count). The first kappa shape index (κ1) is 55.1. The fraction of sp³-hybridized carbons (Fsp3) is 0.604. The highest BCUT2D eigenvalue weighted by molar-refractivity contribution is 5.72. The molecule has 0 aromatic rings.